The van der Waals surface area contributed by atoms with Gasteiger partial charge in [0.05, 0.1) is 31.7 Å². The molecule has 2 unspecified atom stereocenters. The van der Waals surface area contributed by atoms with E-state index in [0.29, 0.717) is 36.6 Å². The number of nitrogens with zero attached hydrogens (tertiary/aromatic N) is 1. The minimum atomic E-state index is -0.548. The Hall–Kier alpha value is -3.55. The Morgan fingerprint density at radius 3 is 2.53 bits per heavy atom. The van der Waals surface area contributed by atoms with E-state index < -0.39 is 30.3 Å². The van der Waals surface area contributed by atoms with Gasteiger partial charge in [0.25, 0.3) is 5.91 Å². The molecule has 0 aromatic heterocycles. The van der Waals surface area contributed by atoms with Crippen LogP contribution in [-0.2, 0) is 25.5 Å². The Balaban J connectivity index is 1.38. The number of ether oxygens (including phenoxy) is 3. The van der Waals surface area contributed by atoms with Gasteiger partial charge in [-0.05, 0) is 43.0 Å². The highest BCUT2D eigenvalue weighted by Crippen LogP contribution is 2.36. The second kappa shape index (κ2) is 10.6. The molecule has 180 valence electrons. The maximum atomic E-state index is 13.4. The van der Waals surface area contributed by atoms with E-state index in [1.165, 1.54) is 14.2 Å². The number of hydrogen-bond donors (Lipinski definition) is 1. The molecule has 0 spiro atoms. The lowest BCUT2D eigenvalue weighted by Gasteiger charge is -2.32. The fourth-order valence-corrected chi connectivity index (χ4v) is 4.82. The lowest BCUT2D eigenvalue weighted by molar-refractivity contribution is -0.156. The van der Waals surface area contributed by atoms with Crippen molar-refractivity contribution in [1.82, 2.24) is 0 Å². The summed E-state index contributed by atoms with van der Waals surface area (Å²) < 4.78 is 15.8. The van der Waals surface area contributed by atoms with Crippen LogP contribution < -0.4 is 19.7 Å². The first-order valence-electron chi connectivity index (χ1n) is 11.6. The van der Waals surface area contributed by atoms with Gasteiger partial charge >= 0.3 is 5.97 Å². The topological polar surface area (TPSA) is 94.2 Å². The van der Waals surface area contributed by atoms with E-state index >= 15 is 0 Å². The van der Waals surface area contributed by atoms with Crippen molar-refractivity contribution < 1.29 is 28.6 Å². The lowest BCUT2D eigenvalue weighted by atomic mass is 9.78. The molecule has 8 nitrogen and oxygen atoms in total. The van der Waals surface area contributed by atoms with Crippen LogP contribution in [0.15, 0.2) is 42.5 Å². The first-order chi connectivity index (χ1) is 16.5. The van der Waals surface area contributed by atoms with Gasteiger partial charge in [-0.2, -0.15) is 0 Å². The molecule has 34 heavy (non-hydrogen) atoms. The molecule has 0 bridgehead atoms. The molecule has 2 amide bonds. The zero-order valence-electron chi connectivity index (χ0n) is 19.5. The van der Waals surface area contributed by atoms with Gasteiger partial charge in [-0.15, -0.1) is 0 Å². The van der Waals surface area contributed by atoms with Crippen molar-refractivity contribution in [1.29, 1.82) is 0 Å². The standard InChI is InChI=1S/C26H30N2O6/c1-32-18-11-12-23(33-2)21(15-18)27-24(29)16-34-26(31)20-9-5-4-8-19(20)25(30)28-14-13-17-7-3-6-10-22(17)28/h3,6-7,10-12,15,19-20H,4-5,8-9,13-14,16H2,1-2H3,(H,27,29). The number of esters is 1. The van der Waals surface area contributed by atoms with Gasteiger partial charge in [0.1, 0.15) is 11.5 Å². The summed E-state index contributed by atoms with van der Waals surface area (Å²) >= 11 is 0. The Kier molecular flexibility index (Phi) is 7.35. The van der Waals surface area contributed by atoms with Crippen molar-refractivity contribution in [3.8, 4) is 11.5 Å². The Labute approximate surface area is 199 Å². The van der Waals surface area contributed by atoms with E-state index in [1.807, 2.05) is 24.3 Å². The summed E-state index contributed by atoms with van der Waals surface area (Å²) in [5, 5.41) is 2.69. The van der Waals surface area contributed by atoms with Crippen LogP contribution in [0.25, 0.3) is 0 Å². The zero-order chi connectivity index (χ0) is 24.1. The van der Waals surface area contributed by atoms with Crippen LogP contribution in [0, 0.1) is 11.8 Å². The second-order valence-electron chi connectivity index (χ2n) is 8.59. The highest BCUT2D eigenvalue weighted by atomic mass is 16.5. The average molecular weight is 467 g/mol. The molecule has 2 aromatic carbocycles. The Morgan fingerprint density at radius 1 is 1.00 bits per heavy atom. The van der Waals surface area contributed by atoms with E-state index in [2.05, 4.69) is 5.32 Å². The highest BCUT2D eigenvalue weighted by molar-refractivity contribution is 5.99. The van der Waals surface area contributed by atoms with Crippen LogP contribution in [0.4, 0.5) is 11.4 Å². The molecule has 0 saturated heterocycles. The zero-order valence-corrected chi connectivity index (χ0v) is 19.5. The molecule has 1 N–H and O–H groups in total. The molecule has 2 atom stereocenters. The first-order valence-corrected chi connectivity index (χ1v) is 11.6. The molecule has 1 fully saturated rings. The number of anilines is 2. The lowest BCUT2D eigenvalue weighted by Crippen LogP contribution is -2.42. The smallest absolute Gasteiger partial charge is 0.310 e. The summed E-state index contributed by atoms with van der Waals surface area (Å²) in [5.41, 5.74) is 2.49. The number of fused-ring (bicyclic) bond motifs is 1. The summed E-state index contributed by atoms with van der Waals surface area (Å²) in [6.07, 6.45) is 3.79. The van der Waals surface area contributed by atoms with Gasteiger partial charge < -0.3 is 24.4 Å². The van der Waals surface area contributed by atoms with Gasteiger partial charge in [-0.1, -0.05) is 31.0 Å². The van der Waals surface area contributed by atoms with E-state index in [1.54, 1.807) is 23.1 Å². The highest BCUT2D eigenvalue weighted by Gasteiger charge is 2.40. The van der Waals surface area contributed by atoms with Gasteiger partial charge in [0, 0.05) is 18.3 Å². The van der Waals surface area contributed by atoms with Crippen LogP contribution in [0.5, 0.6) is 11.5 Å². The molecule has 2 aliphatic rings. The minimum absolute atomic E-state index is 0.0304. The molecule has 2 aromatic rings. The molecule has 4 rings (SSSR count). The Bertz CT molecular complexity index is 1070. The van der Waals surface area contributed by atoms with Crippen LogP contribution in [0.3, 0.4) is 0 Å². The summed E-state index contributed by atoms with van der Waals surface area (Å²) in [7, 11) is 3.02. The predicted octanol–water partition coefficient (Wildman–Crippen LogP) is 3.58. The summed E-state index contributed by atoms with van der Waals surface area (Å²) in [6.45, 7) is 0.185. The third-order valence-electron chi connectivity index (χ3n) is 6.57. The SMILES string of the molecule is COc1ccc(OC)c(NC(=O)COC(=O)C2CCCCC2C(=O)N2CCc3ccccc32)c1. The Morgan fingerprint density at radius 2 is 1.76 bits per heavy atom. The number of carbonyl (C=O) groups excluding carboxylic acids is 3. The van der Waals surface area contributed by atoms with Crippen molar-refractivity contribution in [3.63, 3.8) is 0 Å². The molecule has 1 saturated carbocycles. The largest absolute Gasteiger partial charge is 0.497 e. The fraction of sp³-hybridized carbons (Fsp3) is 0.423. The van der Waals surface area contributed by atoms with Gasteiger partial charge in [0.15, 0.2) is 6.61 Å². The minimum Gasteiger partial charge on any atom is -0.497 e. The van der Waals surface area contributed by atoms with Crippen molar-refractivity contribution in [2.24, 2.45) is 11.8 Å². The van der Waals surface area contributed by atoms with Crippen molar-refractivity contribution in [2.75, 3.05) is 37.6 Å². The average Bonchev–Trinajstić information content (AvgIpc) is 3.31. The third-order valence-corrected chi connectivity index (χ3v) is 6.57. The second-order valence-corrected chi connectivity index (χ2v) is 8.59. The number of hydrogen-bond acceptors (Lipinski definition) is 6. The third kappa shape index (κ3) is 5.00. The number of rotatable bonds is 7. The summed E-state index contributed by atoms with van der Waals surface area (Å²) in [4.78, 5) is 40.6. The number of nitrogens with one attached hydrogen (secondary N) is 1. The molecule has 1 aliphatic heterocycles. The molecule has 1 aliphatic carbocycles. The van der Waals surface area contributed by atoms with E-state index in [0.717, 1.165) is 30.5 Å². The van der Waals surface area contributed by atoms with Crippen LogP contribution >= 0.6 is 0 Å². The summed E-state index contributed by atoms with van der Waals surface area (Å²) in [6, 6.07) is 12.9. The molecule has 0 radical (unpaired) electrons. The normalized spacial score (nSPS) is 19.2. The monoisotopic (exact) mass is 466 g/mol. The van der Waals surface area contributed by atoms with Gasteiger partial charge in [0.2, 0.25) is 5.91 Å². The summed E-state index contributed by atoms with van der Waals surface area (Å²) in [5.74, 6) is -0.992. The van der Waals surface area contributed by atoms with E-state index in [-0.39, 0.29) is 5.91 Å². The van der Waals surface area contributed by atoms with Crippen LogP contribution in [-0.4, -0.2) is 45.2 Å². The number of methoxy groups -OCH3 is 2. The quantitative estimate of drug-likeness (QED) is 0.627. The molecular formula is C26H30N2O6. The van der Waals surface area contributed by atoms with E-state index in [9.17, 15) is 14.4 Å². The molecular weight excluding hydrogens is 436 g/mol. The van der Waals surface area contributed by atoms with Crippen molar-refractivity contribution in [3.05, 3.63) is 48.0 Å². The fourth-order valence-electron chi connectivity index (χ4n) is 4.82. The van der Waals surface area contributed by atoms with Crippen LogP contribution in [0.2, 0.25) is 0 Å². The first kappa shape index (κ1) is 23.6. The number of amides is 2. The molecule has 1 heterocycles. The molecule has 8 heteroatoms. The number of para-hydroxylation sites is 1. The van der Waals surface area contributed by atoms with E-state index in [4.69, 9.17) is 14.2 Å². The number of benzene rings is 2. The van der Waals surface area contributed by atoms with Crippen molar-refractivity contribution in [2.45, 2.75) is 32.1 Å². The van der Waals surface area contributed by atoms with Gasteiger partial charge in [-0.25, -0.2) is 0 Å². The van der Waals surface area contributed by atoms with Crippen molar-refractivity contribution >= 4 is 29.2 Å². The predicted molar refractivity (Wildman–Crippen MR) is 127 cm³/mol. The maximum Gasteiger partial charge on any atom is 0.310 e. The maximum absolute atomic E-state index is 13.4. The van der Waals surface area contributed by atoms with Gasteiger partial charge in [-0.3, -0.25) is 14.4 Å². The number of carbonyl (C=O) groups is 3. The van der Waals surface area contributed by atoms with Crippen LogP contribution in [0.1, 0.15) is 31.2 Å².